The maximum Gasteiger partial charge on any atom is 0.0963 e. The van der Waals surface area contributed by atoms with Crippen molar-refractivity contribution in [3.63, 3.8) is 0 Å². The smallest absolute Gasteiger partial charge is 0.0963 e. The molecule has 4 nitrogen and oxygen atoms in total. The summed E-state index contributed by atoms with van der Waals surface area (Å²) in [7, 11) is 0. The molecule has 0 aliphatic heterocycles. The molecule has 0 saturated heterocycles. The van der Waals surface area contributed by atoms with E-state index >= 15 is 0 Å². The highest BCUT2D eigenvalue weighted by molar-refractivity contribution is 6.12. The summed E-state index contributed by atoms with van der Waals surface area (Å²) < 4.78 is 4.69. The Labute approximate surface area is 258 Å². The van der Waals surface area contributed by atoms with Crippen LogP contribution < -0.4 is 0 Å². The third-order valence-electron chi connectivity index (χ3n) is 9.31. The fourth-order valence-corrected chi connectivity index (χ4v) is 7.27. The van der Waals surface area contributed by atoms with Gasteiger partial charge < -0.3 is 14.1 Å². The van der Waals surface area contributed by atoms with E-state index in [0.717, 1.165) is 27.9 Å². The van der Waals surface area contributed by atoms with Crippen molar-refractivity contribution in [3.05, 3.63) is 152 Å². The van der Waals surface area contributed by atoms with Crippen LogP contribution in [0.5, 0.6) is 0 Å². The number of fused-ring (bicyclic) bond motifs is 9. The van der Waals surface area contributed by atoms with Gasteiger partial charge in [0.15, 0.2) is 0 Å². The number of hydrogen-bond donors (Lipinski definition) is 1. The third-order valence-corrected chi connectivity index (χ3v) is 9.31. The van der Waals surface area contributed by atoms with Crippen LogP contribution in [0, 0.1) is 0 Å². The van der Waals surface area contributed by atoms with Crippen LogP contribution in [0.3, 0.4) is 0 Å². The molecule has 0 spiro atoms. The molecule has 0 aliphatic carbocycles. The molecule has 4 aromatic heterocycles. The first-order valence-electron chi connectivity index (χ1n) is 15.3. The van der Waals surface area contributed by atoms with Crippen LogP contribution in [0.4, 0.5) is 0 Å². The number of H-pyrrole nitrogens is 1. The van der Waals surface area contributed by atoms with Gasteiger partial charge in [-0.05, 0) is 90.0 Å². The average molecular weight is 575 g/mol. The number of rotatable bonds is 3. The van der Waals surface area contributed by atoms with Crippen LogP contribution >= 0.6 is 0 Å². The zero-order valence-electron chi connectivity index (χ0n) is 24.3. The van der Waals surface area contributed by atoms with Crippen molar-refractivity contribution >= 4 is 65.5 Å². The van der Waals surface area contributed by atoms with Crippen molar-refractivity contribution in [1.29, 1.82) is 0 Å². The molecule has 0 saturated carbocycles. The number of nitrogens with zero attached hydrogens (tertiary/aromatic N) is 3. The maximum atomic E-state index is 4.71. The first-order valence-corrected chi connectivity index (χ1v) is 15.3. The Morgan fingerprint density at radius 2 is 0.956 bits per heavy atom. The molecule has 0 unspecified atom stereocenters. The Morgan fingerprint density at radius 1 is 0.400 bits per heavy atom. The van der Waals surface area contributed by atoms with Crippen molar-refractivity contribution in [1.82, 2.24) is 19.1 Å². The summed E-state index contributed by atoms with van der Waals surface area (Å²) in [6, 6.07) is 52.4. The molecule has 4 heterocycles. The van der Waals surface area contributed by atoms with E-state index in [1.807, 2.05) is 12.3 Å². The zero-order chi connectivity index (χ0) is 29.5. The van der Waals surface area contributed by atoms with E-state index in [9.17, 15) is 0 Å². The standard InChI is InChI=1S/C41H26N4/c1-4-11-35-30(8-1)33-24-26(15-21-36(33)43-35)27-16-22-39-34(25-27)31-9-2-5-12-37(31)44(39)28-17-19-29(20-18-28)45-38-13-6-3-10-32(38)41-40(45)14-7-23-42-41/h1-25,43H. The molecule has 0 fully saturated rings. The first-order chi connectivity index (χ1) is 22.3. The number of pyridine rings is 1. The molecule has 4 heteroatoms. The molecule has 0 amide bonds. The van der Waals surface area contributed by atoms with Crippen LogP contribution in [-0.2, 0) is 0 Å². The number of nitrogens with one attached hydrogen (secondary N) is 1. The molecular weight excluding hydrogens is 548 g/mol. The number of hydrogen-bond acceptors (Lipinski definition) is 1. The Kier molecular flexibility index (Phi) is 4.96. The Bertz CT molecular complexity index is 2700. The lowest BCUT2D eigenvalue weighted by Crippen LogP contribution is -1.97. The fraction of sp³-hybridized carbons (Fsp3) is 0. The van der Waals surface area contributed by atoms with E-state index in [4.69, 9.17) is 4.98 Å². The van der Waals surface area contributed by atoms with E-state index in [2.05, 4.69) is 154 Å². The molecular formula is C41H26N4. The topological polar surface area (TPSA) is 38.5 Å². The highest BCUT2D eigenvalue weighted by Crippen LogP contribution is 2.37. The van der Waals surface area contributed by atoms with Gasteiger partial charge in [-0.25, -0.2) is 0 Å². The van der Waals surface area contributed by atoms with E-state index in [1.54, 1.807) is 0 Å². The molecule has 0 radical (unpaired) electrons. The molecule has 0 atom stereocenters. The third kappa shape index (κ3) is 3.51. The number of aromatic nitrogens is 4. The zero-order valence-corrected chi connectivity index (χ0v) is 24.3. The molecule has 210 valence electrons. The molecule has 45 heavy (non-hydrogen) atoms. The second kappa shape index (κ2) is 9.18. The number of para-hydroxylation sites is 3. The summed E-state index contributed by atoms with van der Waals surface area (Å²) >= 11 is 0. The van der Waals surface area contributed by atoms with Crippen molar-refractivity contribution in [2.45, 2.75) is 0 Å². The predicted molar refractivity (Wildman–Crippen MR) is 188 cm³/mol. The lowest BCUT2D eigenvalue weighted by molar-refractivity contribution is 1.14. The normalized spacial score (nSPS) is 12.0. The summed E-state index contributed by atoms with van der Waals surface area (Å²) in [6.45, 7) is 0. The highest BCUT2D eigenvalue weighted by Gasteiger charge is 2.16. The van der Waals surface area contributed by atoms with Crippen molar-refractivity contribution in [3.8, 4) is 22.5 Å². The van der Waals surface area contributed by atoms with Gasteiger partial charge in [-0.15, -0.1) is 0 Å². The van der Waals surface area contributed by atoms with Gasteiger partial charge in [0, 0.05) is 55.5 Å². The second-order valence-corrected chi connectivity index (χ2v) is 11.8. The van der Waals surface area contributed by atoms with Crippen molar-refractivity contribution in [2.75, 3.05) is 0 Å². The number of benzene rings is 6. The van der Waals surface area contributed by atoms with E-state index < -0.39 is 0 Å². The summed E-state index contributed by atoms with van der Waals surface area (Å²) in [5, 5.41) is 6.18. The summed E-state index contributed by atoms with van der Waals surface area (Å²) in [6.07, 6.45) is 1.87. The van der Waals surface area contributed by atoms with Gasteiger partial charge in [0.1, 0.15) is 0 Å². The van der Waals surface area contributed by atoms with Crippen molar-refractivity contribution < 1.29 is 0 Å². The minimum Gasteiger partial charge on any atom is -0.355 e. The minimum absolute atomic E-state index is 1.03. The van der Waals surface area contributed by atoms with Gasteiger partial charge in [0.05, 0.1) is 27.6 Å². The predicted octanol–water partition coefficient (Wildman–Crippen LogP) is 10.6. The lowest BCUT2D eigenvalue weighted by atomic mass is 10.0. The second-order valence-electron chi connectivity index (χ2n) is 11.8. The summed E-state index contributed by atoms with van der Waals surface area (Å²) in [5.74, 6) is 0. The van der Waals surface area contributed by atoms with Gasteiger partial charge in [-0.2, -0.15) is 0 Å². The largest absolute Gasteiger partial charge is 0.355 e. The highest BCUT2D eigenvalue weighted by atomic mass is 15.0. The summed E-state index contributed by atoms with van der Waals surface area (Å²) in [4.78, 5) is 8.26. The minimum atomic E-state index is 1.03. The fourth-order valence-electron chi connectivity index (χ4n) is 7.27. The van der Waals surface area contributed by atoms with E-state index in [-0.39, 0.29) is 0 Å². The van der Waals surface area contributed by atoms with Crippen molar-refractivity contribution in [2.24, 2.45) is 0 Å². The van der Waals surface area contributed by atoms with E-state index in [0.29, 0.717) is 0 Å². The van der Waals surface area contributed by atoms with Gasteiger partial charge in [0.2, 0.25) is 0 Å². The van der Waals surface area contributed by atoms with Crippen LogP contribution in [0.1, 0.15) is 0 Å². The van der Waals surface area contributed by atoms with Gasteiger partial charge in [0.25, 0.3) is 0 Å². The molecule has 6 aromatic carbocycles. The molecule has 10 rings (SSSR count). The van der Waals surface area contributed by atoms with Gasteiger partial charge >= 0.3 is 0 Å². The lowest BCUT2D eigenvalue weighted by Gasteiger charge is -2.12. The van der Waals surface area contributed by atoms with Crippen LogP contribution in [-0.4, -0.2) is 19.1 Å². The monoisotopic (exact) mass is 574 g/mol. The summed E-state index contributed by atoms with van der Waals surface area (Å²) in [5.41, 5.74) is 12.7. The molecule has 0 aliphatic rings. The maximum absolute atomic E-state index is 4.71. The number of aromatic amines is 1. The Hall–Kier alpha value is -6.13. The average Bonchev–Trinajstić information content (AvgIpc) is 3.76. The van der Waals surface area contributed by atoms with Crippen LogP contribution in [0.25, 0.3) is 88.0 Å². The van der Waals surface area contributed by atoms with Gasteiger partial charge in [-0.1, -0.05) is 66.7 Å². The van der Waals surface area contributed by atoms with Crippen LogP contribution in [0.2, 0.25) is 0 Å². The quantitative estimate of drug-likeness (QED) is 0.224. The van der Waals surface area contributed by atoms with E-state index in [1.165, 1.54) is 60.1 Å². The molecule has 10 aromatic rings. The molecule has 1 N–H and O–H groups in total. The van der Waals surface area contributed by atoms with Gasteiger partial charge in [-0.3, -0.25) is 4.98 Å². The Morgan fingerprint density at radius 3 is 1.76 bits per heavy atom. The first kappa shape index (κ1) is 24.3. The SMILES string of the molecule is c1ccc2c(c1)[nH]c1ccc(-c3ccc4c(c3)c3ccccc3n4-c3ccc(-n4c5ccccc5c5ncccc54)cc3)cc12. The van der Waals surface area contributed by atoms with Crippen LogP contribution in [0.15, 0.2) is 152 Å². The molecule has 0 bridgehead atoms. The Balaban J connectivity index is 1.13.